The molecule has 0 fully saturated rings. The fourth-order valence-electron chi connectivity index (χ4n) is 2.62. The molecule has 0 saturated heterocycles. The molecule has 0 aliphatic heterocycles. The number of likely N-dealkylation sites (N-methyl/N-ethyl adjacent to an activating group) is 1. The third kappa shape index (κ3) is 2.72. The summed E-state index contributed by atoms with van der Waals surface area (Å²) in [5.74, 6) is 0.0306. The van der Waals surface area contributed by atoms with Gasteiger partial charge in [-0.2, -0.15) is 0 Å². The van der Waals surface area contributed by atoms with Gasteiger partial charge in [0.1, 0.15) is 0 Å². The van der Waals surface area contributed by atoms with Crippen LogP contribution < -0.4 is 10.6 Å². The van der Waals surface area contributed by atoms with Gasteiger partial charge in [-0.25, -0.2) is 0 Å². The zero-order valence-electron chi connectivity index (χ0n) is 11.4. The Morgan fingerprint density at radius 2 is 1.94 bits per heavy atom. The summed E-state index contributed by atoms with van der Waals surface area (Å²) in [6, 6.07) is 6.73. The zero-order chi connectivity index (χ0) is 13.1. The lowest BCUT2D eigenvalue weighted by Gasteiger charge is -2.20. The van der Waals surface area contributed by atoms with E-state index in [1.54, 1.807) is 7.05 Å². The van der Waals surface area contributed by atoms with Gasteiger partial charge in [0.05, 0.1) is 6.04 Å². The van der Waals surface area contributed by atoms with Crippen LogP contribution in [0.15, 0.2) is 18.2 Å². The maximum absolute atomic E-state index is 11.5. The van der Waals surface area contributed by atoms with E-state index in [4.69, 9.17) is 0 Å². The molecule has 2 unspecified atom stereocenters. The van der Waals surface area contributed by atoms with Crippen molar-refractivity contribution in [1.29, 1.82) is 0 Å². The molecule has 1 aliphatic carbocycles. The second-order valence-corrected chi connectivity index (χ2v) is 5.11. The number of amides is 1. The van der Waals surface area contributed by atoms with Crippen LogP contribution in [0.25, 0.3) is 0 Å². The van der Waals surface area contributed by atoms with E-state index >= 15 is 0 Å². The normalized spacial score (nSPS) is 17.1. The number of hydrogen-bond acceptors (Lipinski definition) is 2. The molecule has 1 aromatic rings. The number of aryl methyl sites for hydroxylation is 2. The summed E-state index contributed by atoms with van der Waals surface area (Å²) in [4.78, 5) is 11.5. The molecule has 2 rings (SSSR count). The Labute approximate surface area is 109 Å². The Hall–Kier alpha value is -1.35. The lowest BCUT2D eigenvalue weighted by atomic mass is 10.0. The highest BCUT2D eigenvalue weighted by atomic mass is 16.2. The van der Waals surface area contributed by atoms with Gasteiger partial charge in [-0.3, -0.25) is 10.1 Å². The fourth-order valence-corrected chi connectivity index (χ4v) is 2.62. The zero-order valence-corrected chi connectivity index (χ0v) is 11.4. The standard InChI is InChI=1S/C15H22N2O/c1-10(17-11(2)15(18)16-3)13-8-7-12-5-4-6-14(12)9-13/h7-11,17H,4-6H2,1-3H3,(H,16,18). The van der Waals surface area contributed by atoms with Crippen molar-refractivity contribution < 1.29 is 4.79 Å². The van der Waals surface area contributed by atoms with Gasteiger partial charge >= 0.3 is 0 Å². The molecule has 0 heterocycles. The molecule has 3 nitrogen and oxygen atoms in total. The number of hydrogen-bond donors (Lipinski definition) is 2. The lowest BCUT2D eigenvalue weighted by molar-refractivity contribution is -0.122. The van der Waals surface area contributed by atoms with Crippen LogP contribution in [-0.4, -0.2) is 19.0 Å². The quantitative estimate of drug-likeness (QED) is 0.852. The van der Waals surface area contributed by atoms with Gasteiger partial charge < -0.3 is 5.32 Å². The first-order valence-electron chi connectivity index (χ1n) is 6.71. The molecule has 2 atom stereocenters. The first kappa shape index (κ1) is 13.1. The van der Waals surface area contributed by atoms with E-state index in [9.17, 15) is 4.79 Å². The molecule has 1 aliphatic rings. The van der Waals surface area contributed by atoms with Crippen LogP contribution >= 0.6 is 0 Å². The maximum Gasteiger partial charge on any atom is 0.236 e. The number of carbonyl (C=O) groups is 1. The molecule has 18 heavy (non-hydrogen) atoms. The third-order valence-corrected chi connectivity index (χ3v) is 3.76. The van der Waals surface area contributed by atoms with Crippen molar-refractivity contribution in [3.8, 4) is 0 Å². The summed E-state index contributed by atoms with van der Waals surface area (Å²) < 4.78 is 0. The Balaban J connectivity index is 2.05. The summed E-state index contributed by atoms with van der Waals surface area (Å²) >= 11 is 0. The minimum atomic E-state index is -0.168. The molecule has 0 spiro atoms. The van der Waals surface area contributed by atoms with Gasteiger partial charge in [0.15, 0.2) is 0 Å². The Morgan fingerprint density at radius 1 is 1.22 bits per heavy atom. The average Bonchev–Trinajstić information content (AvgIpc) is 2.84. The van der Waals surface area contributed by atoms with Crippen molar-refractivity contribution in [1.82, 2.24) is 10.6 Å². The number of nitrogens with one attached hydrogen (secondary N) is 2. The average molecular weight is 246 g/mol. The molecule has 0 aromatic heterocycles. The van der Waals surface area contributed by atoms with Crippen LogP contribution in [0.1, 0.15) is 43.0 Å². The van der Waals surface area contributed by atoms with Gasteiger partial charge in [-0.05, 0) is 49.8 Å². The SMILES string of the molecule is CNC(=O)C(C)NC(C)c1ccc2c(c1)CCC2. The van der Waals surface area contributed by atoms with Crippen molar-refractivity contribution in [3.63, 3.8) is 0 Å². The topological polar surface area (TPSA) is 41.1 Å². The van der Waals surface area contributed by atoms with E-state index in [0.29, 0.717) is 0 Å². The van der Waals surface area contributed by atoms with E-state index in [1.165, 1.54) is 36.0 Å². The fraction of sp³-hybridized carbons (Fsp3) is 0.533. The minimum absolute atomic E-state index is 0.0306. The molecule has 0 bridgehead atoms. The predicted octanol–water partition coefficient (Wildman–Crippen LogP) is 1.96. The van der Waals surface area contributed by atoms with Crippen LogP contribution in [0.4, 0.5) is 0 Å². The van der Waals surface area contributed by atoms with E-state index in [0.717, 1.165) is 0 Å². The molecular weight excluding hydrogens is 224 g/mol. The smallest absolute Gasteiger partial charge is 0.236 e. The molecule has 1 amide bonds. The van der Waals surface area contributed by atoms with Gasteiger partial charge in [0.2, 0.25) is 5.91 Å². The summed E-state index contributed by atoms with van der Waals surface area (Å²) in [5.41, 5.74) is 4.24. The first-order chi connectivity index (χ1) is 8.61. The summed E-state index contributed by atoms with van der Waals surface area (Å²) in [7, 11) is 1.67. The Morgan fingerprint density at radius 3 is 2.67 bits per heavy atom. The highest BCUT2D eigenvalue weighted by Crippen LogP contribution is 2.25. The lowest BCUT2D eigenvalue weighted by Crippen LogP contribution is -2.41. The van der Waals surface area contributed by atoms with Crippen LogP contribution in [0, 0.1) is 0 Å². The minimum Gasteiger partial charge on any atom is -0.358 e. The number of carbonyl (C=O) groups excluding carboxylic acids is 1. The Bertz CT molecular complexity index is 442. The van der Waals surface area contributed by atoms with E-state index < -0.39 is 0 Å². The number of fused-ring (bicyclic) bond motifs is 1. The molecule has 3 heteroatoms. The molecule has 2 N–H and O–H groups in total. The monoisotopic (exact) mass is 246 g/mol. The van der Waals surface area contributed by atoms with Crippen LogP contribution in [0.5, 0.6) is 0 Å². The predicted molar refractivity (Wildman–Crippen MR) is 73.5 cm³/mol. The highest BCUT2D eigenvalue weighted by molar-refractivity contribution is 5.80. The van der Waals surface area contributed by atoms with Gasteiger partial charge in [-0.15, -0.1) is 0 Å². The summed E-state index contributed by atoms with van der Waals surface area (Å²) in [6.07, 6.45) is 3.68. The number of rotatable bonds is 4. The van der Waals surface area contributed by atoms with Gasteiger partial charge in [0, 0.05) is 13.1 Å². The van der Waals surface area contributed by atoms with Gasteiger partial charge in [-0.1, -0.05) is 18.2 Å². The van der Waals surface area contributed by atoms with Crippen molar-refractivity contribution in [3.05, 3.63) is 34.9 Å². The van der Waals surface area contributed by atoms with Crippen LogP contribution in [-0.2, 0) is 17.6 Å². The largest absolute Gasteiger partial charge is 0.358 e. The van der Waals surface area contributed by atoms with Gasteiger partial charge in [0.25, 0.3) is 0 Å². The van der Waals surface area contributed by atoms with Crippen LogP contribution in [0.2, 0.25) is 0 Å². The van der Waals surface area contributed by atoms with E-state index in [2.05, 4.69) is 35.8 Å². The molecule has 0 saturated carbocycles. The van der Waals surface area contributed by atoms with Crippen LogP contribution in [0.3, 0.4) is 0 Å². The van der Waals surface area contributed by atoms with Crippen molar-refractivity contribution in [2.75, 3.05) is 7.05 Å². The molecule has 1 aromatic carbocycles. The summed E-state index contributed by atoms with van der Waals surface area (Å²) in [5, 5.41) is 5.99. The Kier molecular flexibility index (Phi) is 4.02. The maximum atomic E-state index is 11.5. The van der Waals surface area contributed by atoms with Crippen molar-refractivity contribution in [2.45, 2.75) is 45.2 Å². The van der Waals surface area contributed by atoms with Crippen molar-refractivity contribution in [2.24, 2.45) is 0 Å². The summed E-state index contributed by atoms with van der Waals surface area (Å²) in [6.45, 7) is 4.00. The van der Waals surface area contributed by atoms with E-state index in [-0.39, 0.29) is 18.0 Å². The van der Waals surface area contributed by atoms with Crippen molar-refractivity contribution >= 4 is 5.91 Å². The second-order valence-electron chi connectivity index (χ2n) is 5.11. The molecular formula is C15H22N2O. The first-order valence-corrected chi connectivity index (χ1v) is 6.71. The van der Waals surface area contributed by atoms with E-state index in [1.807, 2.05) is 6.92 Å². The number of benzene rings is 1. The third-order valence-electron chi connectivity index (χ3n) is 3.76. The second kappa shape index (κ2) is 5.53. The molecule has 98 valence electrons. The molecule has 0 radical (unpaired) electrons. The highest BCUT2D eigenvalue weighted by Gasteiger charge is 2.17.